The lowest BCUT2D eigenvalue weighted by Crippen LogP contribution is -2.48. The fourth-order valence-electron chi connectivity index (χ4n) is 6.28. The van der Waals surface area contributed by atoms with Crippen molar-refractivity contribution in [1.82, 2.24) is 9.80 Å². The van der Waals surface area contributed by atoms with E-state index in [0.717, 1.165) is 44.9 Å². The van der Waals surface area contributed by atoms with Crippen LogP contribution in [0.1, 0.15) is 82.5 Å². The van der Waals surface area contributed by atoms with Crippen molar-refractivity contribution >= 4 is 27.5 Å². The molecule has 0 bridgehead atoms. The van der Waals surface area contributed by atoms with E-state index in [9.17, 15) is 23.1 Å². The smallest absolute Gasteiger partial charge is 0.261 e. The molecule has 0 saturated heterocycles. The van der Waals surface area contributed by atoms with Gasteiger partial charge in [0.1, 0.15) is 5.75 Å². The summed E-state index contributed by atoms with van der Waals surface area (Å²) < 4.78 is 41.5. The molecule has 4 rings (SSSR count). The van der Waals surface area contributed by atoms with Crippen LogP contribution in [0.3, 0.4) is 0 Å². The molecule has 11 heteroatoms. The molecule has 254 valence electrons. The molecule has 1 aliphatic carbocycles. The molecule has 2 N–H and O–H groups in total. The van der Waals surface area contributed by atoms with E-state index in [1.54, 1.807) is 47.1 Å². The number of hydrogen-bond acceptors (Lipinski definition) is 7. The number of rotatable bonds is 8. The summed E-state index contributed by atoms with van der Waals surface area (Å²) in [6.45, 7) is 6.64. The first-order valence-corrected chi connectivity index (χ1v) is 18.2. The van der Waals surface area contributed by atoms with Gasteiger partial charge in [-0.3, -0.25) is 14.3 Å². The zero-order valence-electron chi connectivity index (χ0n) is 27.7. The van der Waals surface area contributed by atoms with Gasteiger partial charge in [0.05, 0.1) is 35.3 Å². The minimum atomic E-state index is -3.90. The Balaban J connectivity index is 1.63. The predicted molar refractivity (Wildman–Crippen MR) is 178 cm³/mol. The summed E-state index contributed by atoms with van der Waals surface area (Å²) in [6.07, 6.45) is 7.05. The maximum atomic E-state index is 14.3. The van der Waals surface area contributed by atoms with Crippen LogP contribution in [0.2, 0.25) is 0 Å². The number of nitrogens with zero attached hydrogens (tertiary/aromatic N) is 2. The van der Waals surface area contributed by atoms with Gasteiger partial charge in [-0.1, -0.05) is 44.4 Å². The van der Waals surface area contributed by atoms with Crippen molar-refractivity contribution in [2.24, 2.45) is 11.8 Å². The first-order chi connectivity index (χ1) is 22.0. The molecular formula is C35H51N3O7S. The van der Waals surface area contributed by atoms with Gasteiger partial charge in [-0.2, -0.15) is 0 Å². The average Bonchev–Trinajstić information content (AvgIpc) is 3.06. The van der Waals surface area contributed by atoms with Crippen LogP contribution in [0.5, 0.6) is 5.75 Å². The molecule has 2 aromatic carbocycles. The van der Waals surface area contributed by atoms with Crippen molar-refractivity contribution in [3.05, 3.63) is 54.1 Å². The van der Waals surface area contributed by atoms with E-state index < -0.39 is 16.1 Å². The summed E-state index contributed by atoms with van der Waals surface area (Å²) in [5.74, 6) is -0.0153. The van der Waals surface area contributed by atoms with E-state index in [1.165, 1.54) is 24.6 Å². The average molecular weight is 658 g/mol. The molecule has 1 fully saturated rings. The number of fused-ring (bicyclic) bond motifs is 1. The Bertz CT molecular complexity index is 1400. The highest BCUT2D eigenvalue weighted by molar-refractivity contribution is 7.92. The van der Waals surface area contributed by atoms with Crippen LogP contribution in [0.15, 0.2) is 53.4 Å². The summed E-state index contributed by atoms with van der Waals surface area (Å²) in [4.78, 5) is 31.1. The Kier molecular flexibility index (Phi) is 12.9. The highest BCUT2D eigenvalue weighted by atomic mass is 32.2. The standard InChI is InChI=1S/C35H51N3O7S/c1-25-22-38(26(2)24-39)35(41)31-21-29(36-46(42,43)30-16-9-6-10-17-30)18-19-32(31)45-27(3)13-11-12-20-44-33(25)23-37(4)34(40)28-14-7-5-8-15-28/h6,9-10,16-19,21,25-28,33,36,39H,5,7-8,11-15,20,22-24H2,1-4H3/t25-,26+,27-,33+/m1/s1. The maximum Gasteiger partial charge on any atom is 0.261 e. The predicted octanol–water partition coefficient (Wildman–Crippen LogP) is 5.32. The fraction of sp³-hybridized carbons (Fsp3) is 0.600. The van der Waals surface area contributed by atoms with E-state index in [4.69, 9.17) is 9.47 Å². The highest BCUT2D eigenvalue weighted by Gasteiger charge is 2.32. The minimum Gasteiger partial charge on any atom is -0.490 e. The molecule has 2 aliphatic rings. The fourth-order valence-corrected chi connectivity index (χ4v) is 7.35. The van der Waals surface area contributed by atoms with E-state index in [-0.39, 0.29) is 65.2 Å². The Morgan fingerprint density at radius 3 is 2.43 bits per heavy atom. The third kappa shape index (κ3) is 9.45. The van der Waals surface area contributed by atoms with Gasteiger partial charge < -0.3 is 24.4 Å². The first-order valence-electron chi connectivity index (χ1n) is 16.7. The molecule has 2 amide bonds. The molecule has 10 nitrogen and oxygen atoms in total. The zero-order valence-corrected chi connectivity index (χ0v) is 28.5. The Morgan fingerprint density at radius 1 is 1.04 bits per heavy atom. The van der Waals surface area contributed by atoms with Gasteiger partial charge in [0.2, 0.25) is 5.91 Å². The topological polar surface area (TPSA) is 125 Å². The van der Waals surface area contributed by atoms with Gasteiger partial charge in [-0.05, 0) is 76.3 Å². The lowest BCUT2D eigenvalue weighted by atomic mass is 9.88. The number of amides is 2. The van der Waals surface area contributed by atoms with Crippen molar-refractivity contribution < 1.29 is 32.6 Å². The van der Waals surface area contributed by atoms with Crippen LogP contribution in [-0.4, -0.2) is 86.7 Å². The quantitative estimate of drug-likeness (QED) is 0.394. The van der Waals surface area contributed by atoms with Gasteiger partial charge >= 0.3 is 0 Å². The van der Waals surface area contributed by atoms with Gasteiger partial charge in [0.15, 0.2) is 0 Å². The second-order valence-electron chi connectivity index (χ2n) is 13.0. The number of benzene rings is 2. The van der Waals surface area contributed by atoms with Crippen molar-refractivity contribution in [3.8, 4) is 5.75 Å². The number of hydrogen-bond donors (Lipinski definition) is 2. The van der Waals surface area contributed by atoms with Gasteiger partial charge in [-0.25, -0.2) is 8.42 Å². The third-order valence-corrected chi connectivity index (χ3v) is 10.5. The third-order valence-electron chi connectivity index (χ3n) is 9.14. The first kappa shape index (κ1) is 35.7. The number of aliphatic hydroxyl groups is 1. The summed E-state index contributed by atoms with van der Waals surface area (Å²) in [7, 11) is -2.06. The Morgan fingerprint density at radius 2 is 1.74 bits per heavy atom. The Labute approximate surface area is 274 Å². The van der Waals surface area contributed by atoms with Crippen molar-refractivity contribution in [3.63, 3.8) is 0 Å². The number of nitrogens with one attached hydrogen (secondary N) is 1. The van der Waals surface area contributed by atoms with Crippen LogP contribution in [0.4, 0.5) is 5.69 Å². The monoisotopic (exact) mass is 657 g/mol. The number of anilines is 1. The normalized spacial score (nSPS) is 23.0. The van der Waals surface area contributed by atoms with Gasteiger partial charge in [-0.15, -0.1) is 0 Å². The van der Waals surface area contributed by atoms with Gasteiger partial charge in [0, 0.05) is 44.3 Å². The van der Waals surface area contributed by atoms with E-state index >= 15 is 0 Å². The molecule has 1 aliphatic heterocycles. The largest absolute Gasteiger partial charge is 0.490 e. The number of aliphatic hydroxyl groups excluding tert-OH is 1. The van der Waals surface area contributed by atoms with Crippen LogP contribution < -0.4 is 9.46 Å². The molecular weight excluding hydrogens is 606 g/mol. The number of ether oxygens (including phenoxy) is 2. The summed E-state index contributed by atoms with van der Waals surface area (Å²) >= 11 is 0. The molecule has 2 aromatic rings. The maximum absolute atomic E-state index is 14.3. The van der Waals surface area contributed by atoms with Crippen LogP contribution in [-0.2, 0) is 19.6 Å². The number of likely N-dealkylation sites (N-methyl/N-ethyl adjacent to an activating group) is 1. The van der Waals surface area contributed by atoms with Crippen LogP contribution in [0.25, 0.3) is 0 Å². The molecule has 46 heavy (non-hydrogen) atoms. The molecule has 4 atom stereocenters. The number of carbonyl (C=O) groups excluding carboxylic acids is 2. The van der Waals surface area contributed by atoms with Crippen molar-refractivity contribution in [1.29, 1.82) is 0 Å². The number of sulfonamides is 1. The van der Waals surface area contributed by atoms with Crippen LogP contribution >= 0.6 is 0 Å². The summed E-state index contributed by atoms with van der Waals surface area (Å²) in [6, 6.07) is 12.2. The summed E-state index contributed by atoms with van der Waals surface area (Å²) in [5.41, 5.74) is 0.425. The second kappa shape index (κ2) is 16.6. The van der Waals surface area contributed by atoms with Crippen molar-refractivity contribution in [2.45, 2.75) is 95.3 Å². The summed E-state index contributed by atoms with van der Waals surface area (Å²) in [5, 5.41) is 10.2. The van der Waals surface area contributed by atoms with E-state index in [1.807, 2.05) is 20.9 Å². The molecule has 1 heterocycles. The van der Waals surface area contributed by atoms with Crippen LogP contribution in [0, 0.1) is 11.8 Å². The Hall–Kier alpha value is -3.15. The zero-order chi connectivity index (χ0) is 33.3. The van der Waals surface area contributed by atoms with Gasteiger partial charge in [0.25, 0.3) is 15.9 Å². The lowest BCUT2D eigenvalue weighted by Gasteiger charge is -2.36. The second-order valence-corrected chi connectivity index (χ2v) is 14.7. The lowest BCUT2D eigenvalue weighted by molar-refractivity contribution is -0.137. The molecule has 0 unspecified atom stereocenters. The molecule has 1 saturated carbocycles. The molecule has 0 radical (unpaired) electrons. The van der Waals surface area contributed by atoms with E-state index in [0.29, 0.717) is 18.9 Å². The molecule has 0 aromatic heterocycles. The van der Waals surface area contributed by atoms with Crippen molar-refractivity contribution in [2.75, 3.05) is 38.1 Å². The van der Waals surface area contributed by atoms with E-state index in [2.05, 4.69) is 4.72 Å². The molecule has 0 spiro atoms. The minimum absolute atomic E-state index is 0.0477. The number of carbonyl (C=O) groups is 2. The SMILES string of the molecule is C[C@@H]1CCCCO[C@@H](CN(C)C(=O)C2CCCCC2)[C@H](C)CN([C@@H](C)CO)C(=O)c2cc(NS(=O)(=O)c3ccccc3)ccc2O1. The highest BCUT2D eigenvalue weighted by Crippen LogP contribution is 2.30.